The van der Waals surface area contributed by atoms with Crippen molar-refractivity contribution in [3.05, 3.63) is 23.8 Å². The van der Waals surface area contributed by atoms with Crippen LogP contribution >= 0.6 is 0 Å². The van der Waals surface area contributed by atoms with Crippen molar-refractivity contribution in [1.82, 2.24) is 10.2 Å². The van der Waals surface area contributed by atoms with Crippen LogP contribution in [-0.2, 0) is 6.54 Å². The minimum Gasteiger partial charge on any atom is -0.495 e. The van der Waals surface area contributed by atoms with Crippen LogP contribution in [0.1, 0.15) is 18.4 Å². The number of nitrogen functional groups attached to an aromatic ring is 1. The molecule has 1 aliphatic rings. The molecule has 1 saturated heterocycles. The first kappa shape index (κ1) is 13.2. The molecule has 0 bridgehead atoms. The van der Waals surface area contributed by atoms with E-state index in [1.54, 1.807) is 7.11 Å². The topological polar surface area (TPSA) is 50.5 Å². The Hall–Kier alpha value is -1.26. The maximum atomic E-state index is 5.80. The highest BCUT2D eigenvalue weighted by Crippen LogP contribution is 2.22. The van der Waals surface area contributed by atoms with Crippen molar-refractivity contribution < 1.29 is 4.74 Å². The van der Waals surface area contributed by atoms with Crippen LogP contribution in [0.25, 0.3) is 0 Å². The Morgan fingerprint density at radius 2 is 2.11 bits per heavy atom. The summed E-state index contributed by atoms with van der Waals surface area (Å²) in [5.74, 6) is 0.762. The molecule has 4 nitrogen and oxygen atoms in total. The van der Waals surface area contributed by atoms with E-state index in [1.807, 2.05) is 12.1 Å². The second kappa shape index (κ2) is 6.07. The summed E-state index contributed by atoms with van der Waals surface area (Å²) in [5.41, 5.74) is 7.72. The van der Waals surface area contributed by atoms with E-state index in [4.69, 9.17) is 10.5 Å². The molecule has 0 saturated carbocycles. The summed E-state index contributed by atoms with van der Waals surface area (Å²) in [6, 6.07) is 6.60. The smallest absolute Gasteiger partial charge is 0.142 e. The number of rotatable bonds is 4. The molecule has 18 heavy (non-hydrogen) atoms. The van der Waals surface area contributed by atoms with Gasteiger partial charge in [0.25, 0.3) is 0 Å². The standard InChI is InChI=1S/C14H23N3O/c1-17-7-5-12(6-8-17)16-10-11-3-4-13(15)14(9-11)18-2/h3-4,9,12,16H,5-8,10,15H2,1-2H3. The van der Waals surface area contributed by atoms with E-state index < -0.39 is 0 Å². The van der Waals surface area contributed by atoms with E-state index in [1.165, 1.54) is 31.5 Å². The Morgan fingerprint density at radius 1 is 1.39 bits per heavy atom. The van der Waals surface area contributed by atoms with Crippen LogP contribution in [0.4, 0.5) is 5.69 Å². The van der Waals surface area contributed by atoms with Crippen LogP contribution in [0.3, 0.4) is 0 Å². The highest BCUT2D eigenvalue weighted by Gasteiger charge is 2.15. The van der Waals surface area contributed by atoms with E-state index in [2.05, 4.69) is 23.3 Å². The van der Waals surface area contributed by atoms with E-state index >= 15 is 0 Å². The molecule has 4 heteroatoms. The van der Waals surface area contributed by atoms with E-state index in [0.29, 0.717) is 11.7 Å². The van der Waals surface area contributed by atoms with Gasteiger partial charge in [0.1, 0.15) is 5.75 Å². The third-order valence-corrected chi connectivity index (χ3v) is 3.61. The summed E-state index contributed by atoms with van der Waals surface area (Å²) < 4.78 is 5.23. The van der Waals surface area contributed by atoms with Crippen molar-refractivity contribution in [1.29, 1.82) is 0 Å². The molecule has 1 heterocycles. The number of ether oxygens (including phenoxy) is 1. The van der Waals surface area contributed by atoms with Crippen molar-refractivity contribution in [2.75, 3.05) is 33.0 Å². The minimum absolute atomic E-state index is 0.629. The summed E-state index contributed by atoms with van der Waals surface area (Å²) in [6.45, 7) is 3.25. The zero-order valence-corrected chi connectivity index (χ0v) is 11.3. The lowest BCUT2D eigenvalue weighted by molar-refractivity contribution is 0.234. The van der Waals surface area contributed by atoms with Gasteiger partial charge in [-0.25, -0.2) is 0 Å². The molecule has 0 amide bonds. The SMILES string of the molecule is COc1cc(CNC2CCN(C)CC2)ccc1N. The Balaban J connectivity index is 1.86. The van der Waals surface area contributed by atoms with Gasteiger partial charge in [-0.1, -0.05) is 6.07 Å². The maximum absolute atomic E-state index is 5.80. The van der Waals surface area contributed by atoms with Crippen molar-refractivity contribution in [2.45, 2.75) is 25.4 Å². The zero-order chi connectivity index (χ0) is 13.0. The van der Waals surface area contributed by atoms with Gasteiger partial charge >= 0.3 is 0 Å². The van der Waals surface area contributed by atoms with Gasteiger partial charge in [-0.3, -0.25) is 0 Å². The van der Waals surface area contributed by atoms with Gasteiger partial charge in [0.2, 0.25) is 0 Å². The quantitative estimate of drug-likeness (QED) is 0.793. The number of likely N-dealkylation sites (tertiary alicyclic amines) is 1. The second-order valence-electron chi connectivity index (χ2n) is 5.03. The number of nitrogens with one attached hydrogen (secondary N) is 1. The molecule has 0 unspecified atom stereocenters. The van der Waals surface area contributed by atoms with E-state index in [0.717, 1.165) is 12.3 Å². The monoisotopic (exact) mass is 249 g/mol. The minimum atomic E-state index is 0.629. The molecule has 0 atom stereocenters. The van der Waals surface area contributed by atoms with Crippen molar-refractivity contribution in [3.8, 4) is 5.75 Å². The molecule has 1 aromatic rings. The van der Waals surface area contributed by atoms with Gasteiger partial charge in [0, 0.05) is 12.6 Å². The van der Waals surface area contributed by atoms with Crippen LogP contribution in [-0.4, -0.2) is 38.2 Å². The summed E-state index contributed by atoms with van der Waals surface area (Å²) >= 11 is 0. The van der Waals surface area contributed by atoms with Gasteiger partial charge in [0.15, 0.2) is 0 Å². The lowest BCUT2D eigenvalue weighted by Crippen LogP contribution is -2.40. The van der Waals surface area contributed by atoms with Crippen LogP contribution in [0, 0.1) is 0 Å². The number of hydrogen-bond acceptors (Lipinski definition) is 4. The summed E-state index contributed by atoms with van der Waals surface area (Å²) in [6.07, 6.45) is 2.45. The van der Waals surface area contributed by atoms with Crippen LogP contribution < -0.4 is 15.8 Å². The predicted molar refractivity (Wildman–Crippen MR) is 74.8 cm³/mol. The molecule has 0 spiro atoms. The molecular formula is C14H23N3O. The molecule has 3 N–H and O–H groups in total. The molecule has 1 aromatic carbocycles. The van der Waals surface area contributed by atoms with Crippen LogP contribution in [0.5, 0.6) is 5.75 Å². The van der Waals surface area contributed by atoms with Crippen molar-refractivity contribution in [3.63, 3.8) is 0 Å². The highest BCUT2D eigenvalue weighted by molar-refractivity contribution is 5.53. The highest BCUT2D eigenvalue weighted by atomic mass is 16.5. The molecule has 2 rings (SSSR count). The first-order valence-electron chi connectivity index (χ1n) is 6.53. The largest absolute Gasteiger partial charge is 0.495 e. The predicted octanol–water partition coefficient (Wildman–Crippen LogP) is 1.46. The van der Waals surface area contributed by atoms with E-state index in [-0.39, 0.29) is 0 Å². The van der Waals surface area contributed by atoms with Crippen molar-refractivity contribution in [2.24, 2.45) is 0 Å². The first-order valence-corrected chi connectivity index (χ1v) is 6.53. The number of nitrogens with two attached hydrogens (primary N) is 1. The van der Waals surface area contributed by atoms with Gasteiger partial charge in [-0.05, 0) is 50.7 Å². The Kier molecular flexibility index (Phi) is 4.44. The van der Waals surface area contributed by atoms with Gasteiger partial charge in [-0.2, -0.15) is 0 Å². The number of anilines is 1. The third kappa shape index (κ3) is 3.37. The average molecular weight is 249 g/mol. The maximum Gasteiger partial charge on any atom is 0.142 e. The Labute approximate surface area is 109 Å². The second-order valence-corrected chi connectivity index (χ2v) is 5.03. The first-order chi connectivity index (χ1) is 8.69. The molecule has 0 aromatic heterocycles. The van der Waals surface area contributed by atoms with Crippen LogP contribution in [0.15, 0.2) is 18.2 Å². The lowest BCUT2D eigenvalue weighted by Gasteiger charge is -2.29. The molecule has 100 valence electrons. The van der Waals surface area contributed by atoms with Crippen molar-refractivity contribution >= 4 is 5.69 Å². The molecule has 1 aliphatic heterocycles. The Bertz CT molecular complexity index is 387. The number of hydrogen-bond donors (Lipinski definition) is 2. The molecular weight excluding hydrogens is 226 g/mol. The molecule has 0 aliphatic carbocycles. The fraction of sp³-hybridized carbons (Fsp3) is 0.571. The molecule has 1 fully saturated rings. The van der Waals surface area contributed by atoms with E-state index in [9.17, 15) is 0 Å². The van der Waals surface area contributed by atoms with Crippen LogP contribution in [0.2, 0.25) is 0 Å². The summed E-state index contributed by atoms with van der Waals surface area (Å²) in [5, 5.41) is 3.61. The van der Waals surface area contributed by atoms with Gasteiger partial charge in [-0.15, -0.1) is 0 Å². The third-order valence-electron chi connectivity index (χ3n) is 3.61. The zero-order valence-electron chi connectivity index (χ0n) is 11.3. The lowest BCUT2D eigenvalue weighted by atomic mass is 10.1. The molecule has 0 radical (unpaired) electrons. The normalized spacial score (nSPS) is 17.9. The Morgan fingerprint density at radius 3 is 2.78 bits per heavy atom. The average Bonchev–Trinajstić information content (AvgIpc) is 2.39. The summed E-state index contributed by atoms with van der Waals surface area (Å²) in [7, 11) is 3.83. The van der Waals surface area contributed by atoms with Gasteiger partial charge in [0.05, 0.1) is 12.8 Å². The fourth-order valence-electron chi connectivity index (χ4n) is 2.34. The number of methoxy groups -OCH3 is 1. The van der Waals surface area contributed by atoms with Gasteiger partial charge < -0.3 is 20.7 Å². The number of piperidine rings is 1. The summed E-state index contributed by atoms with van der Waals surface area (Å²) in [4.78, 5) is 2.38. The number of nitrogens with zero attached hydrogens (tertiary/aromatic N) is 1. The fourth-order valence-corrected chi connectivity index (χ4v) is 2.34. The number of benzene rings is 1.